The van der Waals surface area contributed by atoms with Crippen molar-refractivity contribution in [2.24, 2.45) is 11.8 Å². The maximum absolute atomic E-state index is 5.66. The first kappa shape index (κ1) is 20.2. The van der Waals surface area contributed by atoms with Crippen molar-refractivity contribution in [2.75, 3.05) is 6.61 Å². The molecule has 1 aromatic carbocycles. The first-order valence-electron chi connectivity index (χ1n) is 10.2. The normalized spacial score (nSPS) is 19.3. The highest BCUT2D eigenvalue weighted by atomic mass is 16.5. The fourth-order valence-corrected chi connectivity index (χ4v) is 3.35. The van der Waals surface area contributed by atoms with Crippen LogP contribution in [-0.2, 0) is 0 Å². The summed E-state index contributed by atoms with van der Waals surface area (Å²) in [7, 11) is 0. The molecule has 0 unspecified atom stereocenters. The summed E-state index contributed by atoms with van der Waals surface area (Å²) in [6.45, 7) is 5.23. The molecule has 0 amide bonds. The molecule has 1 saturated carbocycles. The molecule has 0 saturated heterocycles. The van der Waals surface area contributed by atoms with Crippen molar-refractivity contribution in [3.05, 3.63) is 42.0 Å². The van der Waals surface area contributed by atoms with E-state index in [2.05, 4.69) is 37.5 Å². The number of allylic oxidation sites excluding steroid dienone is 2. The summed E-state index contributed by atoms with van der Waals surface area (Å²) in [5.74, 6) is 15.2. The molecule has 1 aliphatic rings. The van der Waals surface area contributed by atoms with Gasteiger partial charge in [-0.05, 0) is 74.4 Å². The number of rotatable bonds is 6. The molecule has 1 fully saturated rings. The predicted octanol–water partition coefficient (Wildman–Crippen LogP) is 6.38. The minimum atomic E-state index is 0.584. The van der Waals surface area contributed by atoms with Crippen molar-refractivity contribution >= 4 is 0 Å². The van der Waals surface area contributed by atoms with Gasteiger partial charge in [-0.25, -0.2) is 0 Å². The van der Waals surface area contributed by atoms with Crippen molar-refractivity contribution in [3.63, 3.8) is 0 Å². The van der Waals surface area contributed by atoms with Crippen molar-refractivity contribution in [1.82, 2.24) is 0 Å². The van der Waals surface area contributed by atoms with E-state index in [1.807, 2.05) is 36.4 Å². The quantitative estimate of drug-likeness (QED) is 0.428. The van der Waals surface area contributed by atoms with Gasteiger partial charge in [0.15, 0.2) is 0 Å². The lowest BCUT2D eigenvalue weighted by Crippen LogP contribution is -2.12. The molecule has 1 aromatic rings. The fourth-order valence-electron chi connectivity index (χ4n) is 3.35. The van der Waals surface area contributed by atoms with Crippen LogP contribution in [0.1, 0.15) is 70.8 Å². The van der Waals surface area contributed by atoms with E-state index in [0.717, 1.165) is 36.7 Å². The van der Waals surface area contributed by atoms with E-state index in [4.69, 9.17) is 4.74 Å². The lowest BCUT2D eigenvalue weighted by atomic mass is 9.80. The minimum Gasteiger partial charge on any atom is -0.494 e. The van der Waals surface area contributed by atoms with E-state index in [-0.39, 0.29) is 0 Å². The zero-order valence-electron chi connectivity index (χ0n) is 16.4. The van der Waals surface area contributed by atoms with Gasteiger partial charge in [-0.3, -0.25) is 0 Å². The first-order valence-corrected chi connectivity index (χ1v) is 10.2. The summed E-state index contributed by atoms with van der Waals surface area (Å²) in [6.07, 6.45) is 13.9. The van der Waals surface area contributed by atoms with Crippen molar-refractivity contribution in [2.45, 2.75) is 65.2 Å². The van der Waals surface area contributed by atoms with E-state index in [0.29, 0.717) is 5.92 Å². The lowest BCUT2D eigenvalue weighted by Gasteiger charge is -2.25. The average Bonchev–Trinajstić information content (AvgIpc) is 2.67. The van der Waals surface area contributed by atoms with Crippen molar-refractivity contribution in [1.29, 1.82) is 0 Å². The van der Waals surface area contributed by atoms with Gasteiger partial charge in [-0.2, -0.15) is 0 Å². The molecule has 0 N–H and O–H groups in total. The van der Waals surface area contributed by atoms with Crippen LogP contribution in [-0.4, -0.2) is 6.61 Å². The molecule has 0 heterocycles. The average molecular weight is 349 g/mol. The molecule has 0 aromatic heterocycles. The molecule has 0 bridgehead atoms. The molecule has 0 atom stereocenters. The zero-order valence-corrected chi connectivity index (χ0v) is 16.4. The Morgan fingerprint density at radius 1 is 0.962 bits per heavy atom. The maximum Gasteiger partial charge on any atom is 0.119 e. The highest BCUT2D eigenvalue weighted by Gasteiger charge is 2.18. The Morgan fingerprint density at radius 3 is 2.38 bits per heavy atom. The van der Waals surface area contributed by atoms with E-state index in [1.54, 1.807) is 0 Å². The van der Waals surface area contributed by atoms with Gasteiger partial charge < -0.3 is 4.74 Å². The summed E-state index contributed by atoms with van der Waals surface area (Å²) in [6, 6.07) is 7.97. The van der Waals surface area contributed by atoms with Crippen LogP contribution in [0.5, 0.6) is 5.75 Å². The molecule has 0 aliphatic heterocycles. The predicted molar refractivity (Wildman–Crippen MR) is 111 cm³/mol. The highest BCUT2D eigenvalue weighted by molar-refractivity contribution is 5.40. The molecule has 26 heavy (non-hydrogen) atoms. The molecule has 1 heteroatoms. The van der Waals surface area contributed by atoms with Crippen LogP contribution in [0.25, 0.3) is 0 Å². The van der Waals surface area contributed by atoms with Crippen LogP contribution in [0.3, 0.4) is 0 Å². The number of ether oxygens (including phenoxy) is 1. The van der Waals surface area contributed by atoms with E-state index in [1.165, 1.54) is 38.5 Å². The van der Waals surface area contributed by atoms with Crippen molar-refractivity contribution in [3.8, 4) is 29.4 Å². The van der Waals surface area contributed by atoms with Gasteiger partial charge in [0, 0.05) is 11.5 Å². The van der Waals surface area contributed by atoms with Crippen LogP contribution < -0.4 is 4.74 Å². The second-order valence-electron chi connectivity index (χ2n) is 7.12. The summed E-state index contributed by atoms with van der Waals surface area (Å²) < 4.78 is 5.66. The Balaban J connectivity index is 1.73. The molecule has 0 radical (unpaired) electrons. The number of benzene rings is 1. The van der Waals surface area contributed by atoms with Crippen LogP contribution >= 0.6 is 0 Å². The number of unbranched alkanes of at least 4 members (excludes halogenated alkanes) is 1. The van der Waals surface area contributed by atoms with Gasteiger partial charge in [-0.1, -0.05) is 56.8 Å². The van der Waals surface area contributed by atoms with Gasteiger partial charge in [0.25, 0.3) is 0 Å². The molecule has 2 rings (SSSR count). The van der Waals surface area contributed by atoms with Gasteiger partial charge in [0.2, 0.25) is 0 Å². The Morgan fingerprint density at radius 2 is 1.69 bits per heavy atom. The summed E-state index contributed by atoms with van der Waals surface area (Å²) in [5, 5.41) is 0. The van der Waals surface area contributed by atoms with Gasteiger partial charge in [-0.15, -0.1) is 0 Å². The molecule has 0 spiro atoms. The molecular formula is C25H32O. The zero-order chi connectivity index (χ0) is 18.5. The van der Waals surface area contributed by atoms with Gasteiger partial charge >= 0.3 is 0 Å². The Hall–Kier alpha value is -2.12. The molecular weight excluding hydrogens is 316 g/mol. The topological polar surface area (TPSA) is 9.23 Å². The lowest BCUT2D eigenvalue weighted by molar-refractivity contribution is 0.300. The minimum absolute atomic E-state index is 0.584. The van der Waals surface area contributed by atoms with E-state index < -0.39 is 0 Å². The smallest absolute Gasteiger partial charge is 0.119 e. The molecule has 1 aliphatic carbocycles. The van der Waals surface area contributed by atoms with Crippen LogP contribution in [0.2, 0.25) is 0 Å². The van der Waals surface area contributed by atoms with Crippen LogP contribution in [0.4, 0.5) is 0 Å². The monoisotopic (exact) mass is 348 g/mol. The maximum atomic E-state index is 5.66. The van der Waals surface area contributed by atoms with Crippen LogP contribution in [0, 0.1) is 35.5 Å². The summed E-state index contributed by atoms with van der Waals surface area (Å²) in [5.41, 5.74) is 1.000. The Bertz CT molecular complexity index is 652. The Labute approximate surface area is 160 Å². The van der Waals surface area contributed by atoms with Crippen molar-refractivity contribution < 1.29 is 4.74 Å². The van der Waals surface area contributed by atoms with E-state index >= 15 is 0 Å². The number of hydrogen-bond donors (Lipinski definition) is 0. The molecule has 1 nitrogen and oxygen atoms in total. The second kappa shape index (κ2) is 12.3. The molecule has 138 valence electrons. The SMILES string of the molecule is CCCCOc1ccc(C#C/C=C/C#CC2CCC(CCC)CC2)cc1. The van der Waals surface area contributed by atoms with Gasteiger partial charge in [0.1, 0.15) is 5.75 Å². The van der Waals surface area contributed by atoms with Gasteiger partial charge in [0.05, 0.1) is 6.61 Å². The largest absolute Gasteiger partial charge is 0.494 e. The number of hydrogen-bond acceptors (Lipinski definition) is 1. The van der Waals surface area contributed by atoms with E-state index in [9.17, 15) is 0 Å². The second-order valence-corrected chi connectivity index (χ2v) is 7.12. The third-order valence-electron chi connectivity index (χ3n) is 4.92. The Kier molecular flexibility index (Phi) is 9.53. The third-order valence-corrected chi connectivity index (χ3v) is 4.92. The van der Waals surface area contributed by atoms with Crippen LogP contribution in [0.15, 0.2) is 36.4 Å². The summed E-state index contributed by atoms with van der Waals surface area (Å²) in [4.78, 5) is 0. The first-order chi connectivity index (χ1) is 12.8. The standard InChI is InChI=1S/C25H32O/c1-3-5-21-26-25-19-17-24(18-20-25)12-9-7-6-8-11-23-15-13-22(10-4-2)14-16-23/h6-7,17-20,22-23H,3-5,10,13-16,21H2,1-2H3/b7-6+. The summed E-state index contributed by atoms with van der Waals surface area (Å²) >= 11 is 0. The fraction of sp³-hybridized carbons (Fsp3) is 0.520. The highest BCUT2D eigenvalue weighted by Crippen LogP contribution is 2.30. The third kappa shape index (κ3) is 7.84.